The molecule has 0 aliphatic rings. The van der Waals surface area contributed by atoms with Crippen molar-refractivity contribution in [3.05, 3.63) is 71.8 Å². The highest BCUT2D eigenvalue weighted by atomic mass is 15.0. The topological polar surface area (TPSA) is 30.9 Å². The molecule has 3 aromatic carbocycles. The number of aryl methyl sites for hydroxylation is 2. The van der Waals surface area contributed by atoms with Crippen LogP contribution < -0.4 is 5.73 Å². The Morgan fingerprint density at radius 2 is 1.18 bits per heavy atom. The summed E-state index contributed by atoms with van der Waals surface area (Å²) in [5.41, 5.74) is 12.8. The maximum atomic E-state index is 5.84. The van der Waals surface area contributed by atoms with Gasteiger partial charge in [-0.05, 0) is 62.4 Å². The lowest BCUT2D eigenvalue weighted by atomic mass is 10.1. The molecule has 0 aliphatic heterocycles. The molecule has 4 aromatic rings. The van der Waals surface area contributed by atoms with Crippen LogP contribution in [0.2, 0.25) is 0 Å². The van der Waals surface area contributed by atoms with Crippen molar-refractivity contribution in [3.63, 3.8) is 0 Å². The third-order valence-electron chi connectivity index (χ3n) is 4.23. The maximum absolute atomic E-state index is 5.84. The molecule has 4 rings (SSSR count). The van der Waals surface area contributed by atoms with Gasteiger partial charge in [-0.1, -0.05) is 23.3 Å². The fourth-order valence-electron chi connectivity index (χ4n) is 3.15. The van der Waals surface area contributed by atoms with E-state index in [4.69, 9.17) is 5.73 Å². The van der Waals surface area contributed by atoms with E-state index in [0.29, 0.717) is 0 Å². The van der Waals surface area contributed by atoms with Crippen molar-refractivity contribution >= 4 is 27.5 Å². The standard InChI is InChI=1S/C20H18N2/c1-13-3-9-19-17(11-13)18-12-14(2)4-10-20(18)22(19)16-7-5-15(21)6-8-16/h3-12H,21H2,1-2H3. The maximum Gasteiger partial charge on any atom is 0.0541 e. The molecule has 2 nitrogen and oxygen atoms in total. The molecule has 0 amide bonds. The minimum absolute atomic E-state index is 0.788. The first-order chi connectivity index (χ1) is 10.6. The van der Waals surface area contributed by atoms with Gasteiger partial charge in [-0.15, -0.1) is 0 Å². The average Bonchev–Trinajstić information content (AvgIpc) is 2.81. The first-order valence-corrected chi connectivity index (χ1v) is 7.51. The van der Waals surface area contributed by atoms with Gasteiger partial charge in [0.05, 0.1) is 11.0 Å². The third-order valence-corrected chi connectivity index (χ3v) is 4.23. The van der Waals surface area contributed by atoms with E-state index >= 15 is 0 Å². The van der Waals surface area contributed by atoms with Gasteiger partial charge in [0.15, 0.2) is 0 Å². The zero-order valence-electron chi connectivity index (χ0n) is 12.8. The van der Waals surface area contributed by atoms with Crippen LogP contribution in [0.25, 0.3) is 27.5 Å². The minimum atomic E-state index is 0.788. The Labute approximate surface area is 129 Å². The first-order valence-electron chi connectivity index (χ1n) is 7.51. The molecule has 0 spiro atoms. The van der Waals surface area contributed by atoms with Crippen LogP contribution in [0.1, 0.15) is 11.1 Å². The second kappa shape index (κ2) is 4.63. The Bertz CT molecular complexity index is 933. The van der Waals surface area contributed by atoms with Crippen molar-refractivity contribution < 1.29 is 0 Å². The summed E-state index contributed by atoms with van der Waals surface area (Å²) in [6.45, 7) is 4.28. The van der Waals surface area contributed by atoms with Gasteiger partial charge < -0.3 is 10.3 Å². The zero-order chi connectivity index (χ0) is 15.3. The van der Waals surface area contributed by atoms with E-state index in [2.05, 4.69) is 66.9 Å². The second-order valence-electron chi connectivity index (χ2n) is 5.97. The van der Waals surface area contributed by atoms with Gasteiger partial charge in [0.2, 0.25) is 0 Å². The average molecular weight is 286 g/mol. The molecule has 0 atom stereocenters. The number of benzene rings is 3. The highest BCUT2D eigenvalue weighted by Crippen LogP contribution is 2.33. The predicted molar refractivity (Wildman–Crippen MR) is 94.7 cm³/mol. The summed E-state index contributed by atoms with van der Waals surface area (Å²) >= 11 is 0. The lowest BCUT2D eigenvalue weighted by Gasteiger charge is -2.08. The molecule has 0 aliphatic carbocycles. The second-order valence-corrected chi connectivity index (χ2v) is 5.97. The zero-order valence-corrected chi connectivity index (χ0v) is 12.8. The van der Waals surface area contributed by atoms with Crippen LogP contribution in [0, 0.1) is 13.8 Å². The molecule has 0 radical (unpaired) electrons. The van der Waals surface area contributed by atoms with Gasteiger partial charge in [-0.2, -0.15) is 0 Å². The van der Waals surface area contributed by atoms with Gasteiger partial charge in [-0.3, -0.25) is 0 Å². The van der Waals surface area contributed by atoms with Crippen LogP contribution in [-0.4, -0.2) is 4.57 Å². The highest BCUT2D eigenvalue weighted by Gasteiger charge is 2.12. The lowest BCUT2D eigenvalue weighted by molar-refractivity contribution is 1.18. The van der Waals surface area contributed by atoms with E-state index in [1.165, 1.54) is 32.9 Å². The highest BCUT2D eigenvalue weighted by molar-refractivity contribution is 6.09. The van der Waals surface area contributed by atoms with Gasteiger partial charge in [-0.25, -0.2) is 0 Å². The van der Waals surface area contributed by atoms with E-state index in [0.717, 1.165) is 11.4 Å². The Kier molecular flexibility index (Phi) is 2.73. The molecule has 0 bridgehead atoms. The van der Waals surface area contributed by atoms with E-state index < -0.39 is 0 Å². The van der Waals surface area contributed by atoms with Gasteiger partial charge in [0.25, 0.3) is 0 Å². The molecule has 0 unspecified atom stereocenters. The number of hydrogen-bond donors (Lipinski definition) is 1. The molecular weight excluding hydrogens is 268 g/mol. The van der Waals surface area contributed by atoms with Crippen LogP contribution in [0.4, 0.5) is 5.69 Å². The molecule has 108 valence electrons. The lowest BCUT2D eigenvalue weighted by Crippen LogP contribution is -1.94. The summed E-state index contributed by atoms with van der Waals surface area (Å²) in [5.74, 6) is 0. The fraction of sp³-hybridized carbons (Fsp3) is 0.100. The Morgan fingerprint density at radius 3 is 1.68 bits per heavy atom. The molecule has 2 N–H and O–H groups in total. The monoisotopic (exact) mass is 286 g/mol. The van der Waals surface area contributed by atoms with E-state index in [-0.39, 0.29) is 0 Å². The molecule has 0 fully saturated rings. The molecular formula is C20H18N2. The number of nitrogen functional groups attached to an aromatic ring is 1. The SMILES string of the molecule is Cc1ccc2c(c1)c1cc(C)ccc1n2-c1ccc(N)cc1. The Hall–Kier alpha value is -2.74. The molecule has 1 aromatic heterocycles. The summed E-state index contributed by atoms with van der Waals surface area (Å²) < 4.78 is 2.31. The summed E-state index contributed by atoms with van der Waals surface area (Å²) in [5, 5.41) is 2.60. The van der Waals surface area contributed by atoms with Crippen LogP contribution in [-0.2, 0) is 0 Å². The molecule has 1 heterocycles. The number of anilines is 1. The van der Waals surface area contributed by atoms with Crippen molar-refractivity contribution in [1.29, 1.82) is 0 Å². The first kappa shape index (κ1) is 13.0. The predicted octanol–water partition coefficient (Wildman–Crippen LogP) is 4.98. The molecule has 0 saturated carbocycles. The number of aromatic nitrogens is 1. The Balaban J connectivity index is 2.17. The van der Waals surface area contributed by atoms with Crippen LogP contribution >= 0.6 is 0 Å². The summed E-state index contributed by atoms with van der Waals surface area (Å²) in [6, 6.07) is 21.3. The number of nitrogens with two attached hydrogens (primary N) is 1. The van der Waals surface area contributed by atoms with Gasteiger partial charge in [0.1, 0.15) is 0 Å². The van der Waals surface area contributed by atoms with Gasteiger partial charge in [0, 0.05) is 22.1 Å². The molecule has 22 heavy (non-hydrogen) atoms. The Morgan fingerprint density at radius 1 is 0.682 bits per heavy atom. The van der Waals surface area contributed by atoms with Crippen molar-refractivity contribution in [1.82, 2.24) is 4.57 Å². The third kappa shape index (κ3) is 1.88. The van der Waals surface area contributed by atoms with Gasteiger partial charge >= 0.3 is 0 Å². The van der Waals surface area contributed by atoms with E-state index in [1.54, 1.807) is 0 Å². The number of hydrogen-bond acceptors (Lipinski definition) is 1. The van der Waals surface area contributed by atoms with Crippen LogP contribution in [0.15, 0.2) is 60.7 Å². The normalized spacial score (nSPS) is 11.4. The fourth-order valence-corrected chi connectivity index (χ4v) is 3.15. The van der Waals surface area contributed by atoms with Crippen molar-refractivity contribution in [2.24, 2.45) is 0 Å². The summed E-state index contributed by atoms with van der Waals surface area (Å²) in [6.07, 6.45) is 0. The summed E-state index contributed by atoms with van der Waals surface area (Å²) in [4.78, 5) is 0. The number of rotatable bonds is 1. The van der Waals surface area contributed by atoms with Crippen molar-refractivity contribution in [3.8, 4) is 5.69 Å². The summed E-state index contributed by atoms with van der Waals surface area (Å²) in [7, 11) is 0. The van der Waals surface area contributed by atoms with Crippen LogP contribution in [0.5, 0.6) is 0 Å². The number of nitrogens with zero attached hydrogens (tertiary/aromatic N) is 1. The van der Waals surface area contributed by atoms with E-state index in [9.17, 15) is 0 Å². The largest absolute Gasteiger partial charge is 0.399 e. The van der Waals surface area contributed by atoms with Crippen molar-refractivity contribution in [2.45, 2.75) is 13.8 Å². The smallest absolute Gasteiger partial charge is 0.0541 e. The van der Waals surface area contributed by atoms with Crippen molar-refractivity contribution in [2.75, 3.05) is 5.73 Å². The minimum Gasteiger partial charge on any atom is -0.399 e. The molecule has 2 heteroatoms. The molecule has 0 saturated heterocycles. The quantitative estimate of drug-likeness (QED) is 0.491. The van der Waals surface area contributed by atoms with E-state index in [1.807, 2.05) is 12.1 Å². The van der Waals surface area contributed by atoms with Crippen LogP contribution in [0.3, 0.4) is 0 Å². The number of fused-ring (bicyclic) bond motifs is 3.